The first-order chi connectivity index (χ1) is 9.59. The Labute approximate surface area is 121 Å². The fourth-order valence-corrected chi connectivity index (χ4v) is 2.74. The Bertz CT molecular complexity index is 434. The van der Waals surface area contributed by atoms with E-state index in [0.717, 1.165) is 38.2 Å². The van der Waals surface area contributed by atoms with Gasteiger partial charge >= 0.3 is 0 Å². The molecule has 1 amide bonds. The highest BCUT2D eigenvalue weighted by atomic mass is 16.1. The summed E-state index contributed by atoms with van der Waals surface area (Å²) in [7, 11) is 0. The van der Waals surface area contributed by atoms with Crippen LogP contribution in [0.2, 0.25) is 0 Å². The van der Waals surface area contributed by atoms with E-state index < -0.39 is 0 Å². The number of nitrogens with two attached hydrogens (primary N) is 1. The van der Waals surface area contributed by atoms with Gasteiger partial charge in [0.05, 0.1) is 0 Å². The van der Waals surface area contributed by atoms with Crippen LogP contribution in [0.15, 0.2) is 24.3 Å². The molecular formula is C16H25N3O. The van der Waals surface area contributed by atoms with Crippen molar-refractivity contribution in [3.05, 3.63) is 35.4 Å². The number of carbonyl (C=O) groups is 1. The fourth-order valence-electron chi connectivity index (χ4n) is 2.74. The van der Waals surface area contributed by atoms with Crippen LogP contribution in [0, 0.1) is 0 Å². The minimum Gasteiger partial charge on any atom is -0.368 e. The molecule has 110 valence electrons. The predicted octanol–water partition coefficient (Wildman–Crippen LogP) is 1.63. The van der Waals surface area contributed by atoms with Crippen molar-refractivity contribution >= 4 is 5.91 Å². The van der Waals surface area contributed by atoms with Crippen LogP contribution in [-0.4, -0.2) is 37.0 Å². The van der Waals surface area contributed by atoms with E-state index in [0.29, 0.717) is 5.92 Å². The van der Waals surface area contributed by atoms with Gasteiger partial charge in [0.15, 0.2) is 0 Å². The SMILES string of the molecule is CC(C)c1ccc(C(C(N)=O)N2CCCNCC2)cc1. The molecule has 0 bridgehead atoms. The zero-order valence-electron chi connectivity index (χ0n) is 12.4. The van der Waals surface area contributed by atoms with Gasteiger partial charge in [-0.3, -0.25) is 9.69 Å². The molecule has 4 heteroatoms. The van der Waals surface area contributed by atoms with Crippen LogP contribution in [-0.2, 0) is 4.79 Å². The van der Waals surface area contributed by atoms with Gasteiger partial charge in [-0.1, -0.05) is 38.1 Å². The van der Waals surface area contributed by atoms with Gasteiger partial charge in [0.1, 0.15) is 6.04 Å². The van der Waals surface area contributed by atoms with Crippen molar-refractivity contribution in [2.24, 2.45) is 5.73 Å². The average Bonchev–Trinajstić information content (AvgIpc) is 2.68. The number of primary amides is 1. The molecule has 1 aliphatic rings. The number of hydrogen-bond acceptors (Lipinski definition) is 3. The first-order valence-electron chi connectivity index (χ1n) is 7.43. The Morgan fingerprint density at radius 3 is 2.40 bits per heavy atom. The summed E-state index contributed by atoms with van der Waals surface area (Å²) in [6.45, 7) is 8.02. The lowest BCUT2D eigenvalue weighted by atomic mass is 9.98. The van der Waals surface area contributed by atoms with E-state index in [1.165, 1.54) is 5.56 Å². The zero-order chi connectivity index (χ0) is 14.5. The minimum absolute atomic E-state index is 0.260. The highest BCUT2D eigenvalue weighted by Gasteiger charge is 2.26. The van der Waals surface area contributed by atoms with Crippen LogP contribution in [0.3, 0.4) is 0 Å². The molecule has 1 aromatic rings. The van der Waals surface area contributed by atoms with Crippen LogP contribution in [0.5, 0.6) is 0 Å². The summed E-state index contributed by atoms with van der Waals surface area (Å²) in [6, 6.07) is 7.99. The second kappa shape index (κ2) is 6.86. The average molecular weight is 275 g/mol. The lowest BCUT2D eigenvalue weighted by molar-refractivity contribution is -0.123. The highest BCUT2D eigenvalue weighted by Crippen LogP contribution is 2.23. The first kappa shape index (κ1) is 15.0. The summed E-state index contributed by atoms with van der Waals surface area (Å²) in [6.07, 6.45) is 1.05. The zero-order valence-corrected chi connectivity index (χ0v) is 12.4. The Morgan fingerprint density at radius 2 is 1.80 bits per heavy atom. The molecule has 0 saturated carbocycles. The van der Waals surface area contributed by atoms with Gasteiger partial charge in [-0.15, -0.1) is 0 Å². The third-order valence-corrected chi connectivity index (χ3v) is 3.93. The molecule has 1 aliphatic heterocycles. The van der Waals surface area contributed by atoms with Gasteiger partial charge in [-0.05, 0) is 30.0 Å². The van der Waals surface area contributed by atoms with Crippen LogP contribution in [0.1, 0.15) is 43.4 Å². The number of amides is 1. The van der Waals surface area contributed by atoms with Crippen molar-refractivity contribution in [3.8, 4) is 0 Å². The molecule has 1 unspecified atom stereocenters. The highest BCUT2D eigenvalue weighted by molar-refractivity contribution is 5.81. The molecule has 2 rings (SSSR count). The van der Waals surface area contributed by atoms with Crippen LogP contribution in [0.25, 0.3) is 0 Å². The maximum Gasteiger partial charge on any atom is 0.239 e. The molecule has 0 spiro atoms. The molecule has 20 heavy (non-hydrogen) atoms. The number of rotatable bonds is 4. The maximum atomic E-state index is 11.9. The molecule has 1 aromatic carbocycles. The molecular weight excluding hydrogens is 250 g/mol. The summed E-state index contributed by atoms with van der Waals surface area (Å²) < 4.78 is 0. The predicted molar refractivity (Wildman–Crippen MR) is 81.5 cm³/mol. The summed E-state index contributed by atoms with van der Waals surface area (Å²) >= 11 is 0. The van der Waals surface area contributed by atoms with E-state index in [-0.39, 0.29) is 11.9 Å². The second-order valence-electron chi connectivity index (χ2n) is 5.77. The molecule has 1 saturated heterocycles. The van der Waals surface area contributed by atoms with E-state index >= 15 is 0 Å². The summed E-state index contributed by atoms with van der Waals surface area (Å²) in [5.74, 6) is 0.239. The quantitative estimate of drug-likeness (QED) is 0.878. The van der Waals surface area contributed by atoms with Gasteiger partial charge in [-0.25, -0.2) is 0 Å². The molecule has 1 fully saturated rings. The van der Waals surface area contributed by atoms with Crippen LogP contribution >= 0.6 is 0 Å². The molecule has 0 aliphatic carbocycles. The standard InChI is InChI=1S/C16H25N3O/c1-12(2)13-4-6-14(7-5-13)15(16(17)20)19-10-3-8-18-9-11-19/h4-7,12,15,18H,3,8-11H2,1-2H3,(H2,17,20). The maximum absolute atomic E-state index is 11.9. The van der Waals surface area contributed by atoms with E-state index in [1.807, 2.05) is 12.1 Å². The Hall–Kier alpha value is -1.39. The molecule has 0 radical (unpaired) electrons. The Kier molecular flexibility index (Phi) is 5.15. The molecule has 4 nitrogen and oxygen atoms in total. The van der Waals surface area contributed by atoms with Gasteiger partial charge in [0, 0.05) is 19.6 Å². The van der Waals surface area contributed by atoms with Gasteiger partial charge in [0.25, 0.3) is 0 Å². The molecule has 3 N–H and O–H groups in total. The van der Waals surface area contributed by atoms with Crippen molar-refractivity contribution in [2.45, 2.75) is 32.2 Å². The lowest BCUT2D eigenvalue weighted by Gasteiger charge is -2.28. The van der Waals surface area contributed by atoms with E-state index in [4.69, 9.17) is 5.73 Å². The summed E-state index contributed by atoms with van der Waals surface area (Å²) in [5, 5.41) is 3.35. The number of benzene rings is 1. The minimum atomic E-state index is -0.309. The summed E-state index contributed by atoms with van der Waals surface area (Å²) in [5.41, 5.74) is 7.94. The number of hydrogen-bond donors (Lipinski definition) is 2. The van der Waals surface area contributed by atoms with Gasteiger partial charge < -0.3 is 11.1 Å². The van der Waals surface area contributed by atoms with Crippen LogP contribution < -0.4 is 11.1 Å². The van der Waals surface area contributed by atoms with Crippen molar-refractivity contribution < 1.29 is 4.79 Å². The third-order valence-electron chi connectivity index (χ3n) is 3.93. The molecule has 0 aromatic heterocycles. The lowest BCUT2D eigenvalue weighted by Crippen LogP contribution is -2.39. The number of carbonyl (C=O) groups excluding carboxylic acids is 1. The number of nitrogens with zero attached hydrogens (tertiary/aromatic N) is 1. The van der Waals surface area contributed by atoms with E-state index in [2.05, 4.69) is 36.2 Å². The normalized spacial score (nSPS) is 18.8. The van der Waals surface area contributed by atoms with Crippen molar-refractivity contribution in [1.82, 2.24) is 10.2 Å². The van der Waals surface area contributed by atoms with Crippen molar-refractivity contribution in [1.29, 1.82) is 0 Å². The van der Waals surface area contributed by atoms with Crippen molar-refractivity contribution in [3.63, 3.8) is 0 Å². The second-order valence-corrected chi connectivity index (χ2v) is 5.77. The summed E-state index contributed by atoms with van der Waals surface area (Å²) in [4.78, 5) is 14.1. The Balaban J connectivity index is 2.21. The monoisotopic (exact) mass is 275 g/mol. The van der Waals surface area contributed by atoms with Crippen LogP contribution in [0.4, 0.5) is 0 Å². The van der Waals surface area contributed by atoms with E-state index in [1.54, 1.807) is 0 Å². The Morgan fingerprint density at radius 1 is 1.15 bits per heavy atom. The fraction of sp³-hybridized carbons (Fsp3) is 0.562. The number of nitrogens with one attached hydrogen (secondary N) is 1. The van der Waals surface area contributed by atoms with Gasteiger partial charge in [0.2, 0.25) is 5.91 Å². The van der Waals surface area contributed by atoms with Gasteiger partial charge in [-0.2, -0.15) is 0 Å². The third kappa shape index (κ3) is 3.58. The largest absolute Gasteiger partial charge is 0.368 e. The topological polar surface area (TPSA) is 58.4 Å². The van der Waals surface area contributed by atoms with E-state index in [9.17, 15) is 4.79 Å². The smallest absolute Gasteiger partial charge is 0.239 e. The van der Waals surface area contributed by atoms with Crippen molar-refractivity contribution in [2.75, 3.05) is 26.2 Å². The molecule has 1 heterocycles. The first-order valence-corrected chi connectivity index (χ1v) is 7.43. The molecule has 1 atom stereocenters.